The third kappa shape index (κ3) is 3.46. The molecule has 2 aromatic carbocycles. The van der Waals surface area contributed by atoms with Gasteiger partial charge in [-0.25, -0.2) is 9.59 Å². The number of amides is 4. The fraction of sp³-hybridized carbons (Fsp3) is 0.217. The standard InChI is InChI=1S/C23H21N3O5/c1-3-13-7-8-17-15(11-19(27)31-18(17)9-13)12-26-21(29)23(2,25-22(26)30)16-6-4-5-14(10-16)20(24)28/h4-11H,3,12H2,1-2H3,(H2,24,28)(H,25,30). The van der Waals surface area contributed by atoms with Crippen LogP contribution in [0.5, 0.6) is 0 Å². The second-order valence-electron chi connectivity index (χ2n) is 7.67. The molecule has 0 bridgehead atoms. The summed E-state index contributed by atoms with van der Waals surface area (Å²) < 4.78 is 5.31. The van der Waals surface area contributed by atoms with E-state index in [1.807, 2.05) is 19.1 Å². The van der Waals surface area contributed by atoms with Crippen LogP contribution in [0.2, 0.25) is 0 Å². The summed E-state index contributed by atoms with van der Waals surface area (Å²) in [5.74, 6) is -1.13. The Kier molecular flexibility index (Phi) is 4.85. The zero-order valence-electron chi connectivity index (χ0n) is 17.1. The third-order valence-electron chi connectivity index (χ3n) is 5.63. The van der Waals surface area contributed by atoms with Crippen molar-refractivity contribution in [2.24, 2.45) is 5.73 Å². The molecular formula is C23H21N3O5. The number of nitrogens with zero attached hydrogens (tertiary/aromatic N) is 1. The number of urea groups is 1. The molecular weight excluding hydrogens is 398 g/mol. The molecule has 1 aromatic heterocycles. The summed E-state index contributed by atoms with van der Waals surface area (Å²) in [5, 5.41) is 3.35. The molecule has 3 N–H and O–H groups in total. The monoisotopic (exact) mass is 419 g/mol. The quantitative estimate of drug-likeness (QED) is 0.486. The molecule has 8 heteroatoms. The van der Waals surface area contributed by atoms with Crippen molar-refractivity contribution in [3.05, 3.63) is 81.2 Å². The highest BCUT2D eigenvalue weighted by Gasteiger charge is 2.49. The first-order valence-corrected chi connectivity index (χ1v) is 9.83. The Labute approximate surface area is 177 Å². The molecule has 2 heterocycles. The molecule has 31 heavy (non-hydrogen) atoms. The Morgan fingerprint density at radius 2 is 1.90 bits per heavy atom. The minimum absolute atomic E-state index is 0.0939. The summed E-state index contributed by atoms with van der Waals surface area (Å²) in [5.41, 5.74) is 6.01. The van der Waals surface area contributed by atoms with Crippen molar-refractivity contribution < 1.29 is 18.8 Å². The smallest absolute Gasteiger partial charge is 0.336 e. The Morgan fingerprint density at radius 3 is 2.61 bits per heavy atom. The number of primary amides is 1. The summed E-state index contributed by atoms with van der Waals surface area (Å²) >= 11 is 0. The first kappa shape index (κ1) is 20.3. The zero-order valence-corrected chi connectivity index (χ0v) is 17.1. The van der Waals surface area contributed by atoms with E-state index in [1.54, 1.807) is 25.1 Å². The van der Waals surface area contributed by atoms with Gasteiger partial charge in [0.15, 0.2) is 0 Å². The van der Waals surface area contributed by atoms with E-state index in [2.05, 4.69) is 5.32 Å². The van der Waals surface area contributed by atoms with Gasteiger partial charge in [-0.1, -0.05) is 31.2 Å². The van der Waals surface area contributed by atoms with Gasteiger partial charge in [0.05, 0.1) is 6.54 Å². The normalized spacial score (nSPS) is 18.5. The second kappa shape index (κ2) is 7.39. The number of nitrogens with one attached hydrogen (secondary N) is 1. The van der Waals surface area contributed by atoms with Crippen molar-refractivity contribution in [3.8, 4) is 0 Å². The van der Waals surface area contributed by atoms with Crippen LogP contribution in [0, 0.1) is 0 Å². The number of imide groups is 1. The Bertz CT molecular complexity index is 1300. The second-order valence-corrected chi connectivity index (χ2v) is 7.67. The molecule has 158 valence electrons. The lowest BCUT2D eigenvalue weighted by molar-refractivity contribution is -0.131. The number of hydrogen-bond acceptors (Lipinski definition) is 5. The third-order valence-corrected chi connectivity index (χ3v) is 5.63. The summed E-state index contributed by atoms with van der Waals surface area (Å²) in [6.45, 7) is 3.46. The average molecular weight is 419 g/mol. The number of benzene rings is 2. The largest absolute Gasteiger partial charge is 0.423 e. The van der Waals surface area contributed by atoms with E-state index in [1.165, 1.54) is 18.2 Å². The Hall–Kier alpha value is -3.94. The highest BCUT2D eigenvalue weighted by atomic mass is 16.4. The maximum absolute atomic E-state index is 13.3. The maximum atomic E-state index is 13.3. The molecule has 4 amide bonds. The molecule has 1 unspecified atom stereocenters. The van der Waals surface area contributed by atoms with Gasteiger partial charge in [-0.05, 0) is 48.2 Å². The van der Waals surface area contributed by atoms with Crippen LogP contribution in [0.4, 0.5) is 4.79 Å². The van der Waals surface area contributed by atoms with Crippen molar-refractivity contribution in [1.82, 2.24) is 10.2 Å². The fourth-order valence-corrected chi connectivity index (χ4v) is 3.82. The van der Waals surface area contributed by atoms with Gasteiger partial charge in [0.25, 0.3) is 5.91 Å². The van der Waals surface area contributed by atoms with E-state index in [0.717, 1.165) is 16.9 Å². The van der Waals surface area contributed by atoms with Crippen molar-refractivity contribution in [1.29, 1.82) is 0 Å². The van der Waals surface area contributed by atoms with Crippen LogP contribution >= 0.6 is 0 Å². The maximum Gasteiger partial charge on any atom is 0.336 e. The summed E-state index contributed by atoms with van der Waals surface area (Å²) in [6, 6.07) is 12.5. The van der Waals surface area contributed by atoms with Gasteiger partial charge in [0, 0.05) is 17.0 Å². The number of hydrogen-bond donors (Lipinski definition) is 2. The summed E-state index contributed by atoms with van der Waals surface area (Å²) in [4.78, 5) is 50.6. The predicted molar refractivity (Wildman–Crippen MR) is 113 cm³/mol. The minimum atomic E-state index is -1.37. The van der Waals surface area contributed by atoms with E-state index in [4.69, 9.17) is 10.2 Å². The van der Waals surface area contributed by atoms with Gasteiger partial charge in [0.1, 0.15) is 11.1 Å². The van der Waals surface area contributed by atoms with E-state index < -0.39 is 29.0 Å². The molecule has 1 aliphatic rings. The van der Waals surface area contributed by atoms with E-state index in [0.29, 0.717) is 22.1 Å². The molecule has 1 fully saturated rings. The van der Waals surface area contributed by atoms with Gasteiger partial charge in [-0.3, -0.25) is 14.5 Å². The molecule has 0 aliphatic carbocycles. The SMILES string of the molecule is CCc1ccc2c(CN3C(=O)NC(C)(c4cccc(C(N)=O)c4)C3=O)cc(=O)oc2c1. The molecule has 3 aromatic rings. The Morgan fingerprint density at radius 1 is 1.13 bits per heavy atom. The van der Waals surface area contributed by atoms with Crippen LogP contribution in [0.1, 0.15) is 40.9 Å². The highest BCUT2D eigenvalue weighted by molar-refractivity contribution is 6.07. The van der Waals surface area contributed by atoms with Crippen LogP contribution in [0.3, 0.4) is 0 Å². The molecule has 0 saturated carbocycles. The first-order chi connectivity index (χ1) is 14.7. The lowest BCUT2D eigenvalue weighted by atomic mass is 9.90. The highest BCUT2D eigenvalue weighted by Crippen LogP contribution is 2.31. The van der Waals surface area contributed by atoms with Gasteiger partial charge >= 0.3 is 11.7 Å². The average Bonchev–Trinajstić information content (AvgIpc) is 2.97. The molecule has 1 saturated heterocycles. The lowest BCUT2D eigenvalue weighted by Gasteiger charge is -2.22. The molecule has 1 aliphatic heterocycles. The zero-order chi connectivity index (χ0) is 22.3. The Balaban J connectivity index is 1.72. The van der Waals surface area contributed by atoms with Crippen molar-refractivity contribution in [2.75, 3.05) is 0 Å². The van der Waals surface area contributed by atoms with E-state index in [-0.39, 0.29) is 12.1 Å². The minimum Gasteiger partial charge on any atom is -0.423 e. The molecule has 0 radical (unpaired) electrons. The summed E-state index contributed by atoms with van der Waals surface area (Å²) in [7, 11) is 0. The number of carbonyl (C=O) groups excluding carboxylic acids is 3. The predicted octanol–water partition coefficient (Wildman–Crippen LogP) is 2.42. The molecule has 8 nitrogen and oxygen atoms in total. The lowest BCUT2D eigenvalue weighted by Crippen LogP contribution is -2.41. The molecule has 0 spiro atoms. The van der Waals surface area contributed by atoms with Crippen molar-refractivity contribution >= 4 is 28.8 Å². The number of fused-ring (bicyclic) bond motifs is 1. The molecule has 1 atom stereocenters. The van der Waals surface area contributed by atoms with Gasteiger partial charge < -0.3 is 15.5 Å². The molecule has 4 rings (SSSR count). The van der Waals surface area contributed by atoms with E-state index >= 15 is 0 Å². The van der Waals surface area contributed by atoms with Crippen LogP contribution in [0.15, 0.2) is 57.7 Å². The first-order valence-electron chi connectivity index (χ1n) is 9.83. The fourth-order valence-electron chi connectivity index (χ4n) is 3.82. The number of nitrogens with two attached hydrogens (primary N) is 1. The van der Waals surface area contributed by atoms with Gasteiger partial charge in [-0.2, -0.15) is 0 Å². The number of rotatable bonds is 5. The van der Waals surface area contributed by atoms with Gasteiger partial charge in [0.2, 0.25) is 5.91 Å². The van der Waals surface area contributed by atoms with Crippen LogP contribution in [-0.4, -0.2) is 22.7 Å². The van der Waals surface area contributed by atoms with Crippen molar-refractivity contribution in [3.63, 3.8) is 0 Å². The topological polar surface area (TPSA) is 123 Å². The van der Waals surface area contributed by atoms with Crippen LogP contribution in [-0.2, 0) is 23.3 Å². The van der Waals surface area contributed by atoms with Gasteiger partial charge in [-0.15, -0.1) is 0 Å². The van der Waals surface area contributed by atoms with Crippen LogP contribution in [0.25, 0.3) is 11.0 Å². The van der Waals surface area contributed by atoms with Crippen molar-refractivity contribution in [2.45, 2.75) is 32.4 Å². The van der Waals surface area contributed by atoms with E-state index in [9.17, 15) is 19.2 Å². The number of aryl methyl sites for hydroxylation is 1. The number of carbonyl (C=O) groups is 3. The summed E-state index contributed by atoms with van der Waals surface area (Å²) in [6.07, 6.45) is 0.777. The van der Waals surface area contributed by atoms with Crippen LogP contribution < -0.4 is 16.7 Å².